The van der Waals surface area contributed by atoms with Crippen LogP contribution in [-0.4, -0.2) is 65.3 Å². The molecular weight excluding hydrogens is 418 g/mol. The Labute approximate surface area is 194 Å². The van der Waals surface area contributed by atoms with Gasteiger partial charge in [-0.15, -0.1) is 0 Å². The van der Waals surface area contributed by atoms with Crippen LogP contribution in [0.2, 0.25) is 0 Å². The van der Waals surface area contributed by atoms with Gasteiger partial charge in [-0.2, -0.15) is 4.98 Å². The van der Waals surface area contributed by atoms with Gasteiger partial charge in [0.2, 0.25) is 11.7 Å². The lowest BCUT2D eigenvalue weighted by Crippen LogP contribution is -2.59. The molecule has 33 heavy (non-hydrogen) atoms. The van der Waals surface area contributed by atoms with Crippen LogP contribution in [0.5, 0.6) is 5.75 Å². The minimum Gasteiger partial charge on any atom is -0.497 e. The molecule has 4 saturated carbocycles. The molecule has 1 aliphatic heterocycles. The summed E-state index contributed by atoms with van der Waals surface area (Å²) >= 11 is 0. The van der Waals surface area contributed by atoms with Crippen molar-refractivity contribution in [3.63, 3.8) is 0 Å². The molecule has 2 amide bonds. The first-order valence-electron chi connectivity index (χ1n) is 12.4. The Morgan fingerprint density at radius 3 is 2.33 bits per heavy atom. The summed E-state index contributed by atoms with van der Waals surface area (Å²) in [7, 11) is 1.65. The van der Waals surface area contributed by atoms with Crippen molar-refractivity contribution in [1.29, 1.82) is 0 Å². The van der Waals surface area contributed by atoms with Crippen LogP contribution in [0.4, 0.5) is 4.79 Å². The van der Waals surface area contributed by atoms with Crippen LogP contribution in [0, 0.1) is 23.7 Å². The summed E-state index contributed by atoms with van der Waals surface area (Å²) < 4.78 is 10.7. The van der Waals surface area contributed by atoms with Gasteiger partial charge in [0.25, 0.3) is 0 Å². The highest BCUT2D eigenvalue weighted by Crippen LogP contribution is 2.53. The third kappa shape index (κ3) is 4.21. The number of rotatable bonds is 5. The zero-order valence-electron chi connectivity index (χ0n) is 19.3. The second kappa shape index (κ2) is 8.63. The molecule has 0 unspecified atom stereocenters. The molecule has 2 aromatic rings. The molecule has 0 spiro atoms. The highest BCUT2D eigenvalue weighted by molar-refractivity contribution is 5.74. The molecule has 176 valence electrons. The fourth-order valence-electron chi connectivity index (χ4n) is 6.87. The number of hydrogen-bond donors (Lipinski definition) is 1. The fraction of sp³-hybridized carbons (Fsp3) is 0.640. The fourth-order valence-corrected chi connectivity index (χ4v) is 6.87. The maximum atomic E-state index is 13.0. The average molecular weight is 452 g/mol. The van der Waals surface area contributed by atoms with E-state index in [1.54, 1.807) is 7.11 Å². The number of nitrogens with one attached hydrogen (secondary N) is 1. The van der Waals surface area contributed by atoms with Gasteiger partial charge in [-0.3, -0.25) is 4.90 Å². The van der Waals surface area contributed by atoms with E-state index in [0.29, 0.717) is 36.1 Å². The SMILES string of the molecule is COc1ccc(-c2noc(CN3CCN(C(=O)NC4C5CC6CC(C5)CC4C6)CC3)n2)cc1. The molecule has 0 radical (unpaired) electrons. The Bertz CT molecular complexity index is 954. The molecule has 7 rings (SSSR count). The molecule has 8 nitrogen and oxygen atoms in total. The van der Waals surface area contributed by atoms with Crippen LogP contribution in [0.25, 0.3) is 11.4 Å². The summed E-state index contributed by atoms with van der Waals surface area (Å²) in [6, 6.07) is 8.16. The number of amides is 2. The molecule has 5 aliphatic rings. The summed E-state index contributed by atoms with van der Waals surface area (Å²) in [6.45, 7) is 3.70. The highest BCUT2D eigenvalue weighted by Gasteiger charge is 2.48. The Hall–Kier alpha value is -2.61. The van der Waals surface area contributed by atoms with Gasteiger partial charge in [-0.25, -0.2) is 4.79 Å². The van der Waals surface area contributed by atoms with Gasteiger partial charge in [0.1, 0.15) is 5.75 Å². The second-order valence-corrected chi connectivity index (χ2v) is 10.4. The van der Waals surface area contributed by atoms with E-state index in [9.17, 15) is 4.79 Å². The Balaban J connectivity index is 0.997. The van der Waals surface area contributed by atoms with E-state index >= 15 is 0 Å². The van der Waals surface area contributed by atoms with E-state index in [1.807, 2.05) is 29.2 Å². The van der Waals surface area contributed by atoms with Crippen molar-refractivity contribution in [3.05, 3.63) is 30.2 Å². The molecule has 1 saturated heterocycles. The number of hydrogen-bond acceptors (Lipinski definition) is 6. The van der Waals surface area contributed by atoms with Gasteiger partial charge < -0.3 is 19.5 Å². The van der Waals surface area contributed by atoms with Gasteiger partial charge in [0.15, 0.2) is 0 Å². The van der Waals surface area contributed by atoms with Crippen molar-refractivity contribution in [3.8, 4) is 17.1 Å². The Morgan fingerprint density at radius 2 is 1.70 bits per heavy atom. The monoisotopic (exact) mass is 451 g/mol. The predicted molar refractivity (Wildman–Crippen MR) is 123 cm³/mol. The number of benzene rings is 1. The van der Waals surface area contributed by atoms with Crippen molar-refractivity contribution in [2.45, 2.75) is 44.7 Å². The van der Waals surface area contributed by atoms with Crippen LogP contribution >= 0.6 is 0 Å². The largest absolute Gasteiger partial charge is 0.497 e. The number of ether oxygens (including phenoxy) is 1. The van der Waals surface area contributed by atoms with Crippen molar-refractivity contribution in [1.82, 2.24) is 25.3 Å². The van der Waals surface area contributed by atoms with Crippen molar-refractivity contribution in [2.75, 3.05) is 33.3 Å². The maximum absolute atomic E-state index is 13.0. The van der Waals surface area contributed by atoms with E-state index in [2.05, 4.69) is 20.4 Å². The van der Waals surface area contributed by atoms with E-state index in [0.717, 1.165) is 49.3 Å². The minimum absolute atomic E-state index is 0.131. The molecule has 1 aromatic carbocycles. The number of carbonyl (C=O) groups excluding carboxylic acids is 1. The maximum Gasteiger partial charge on any atom is 0.317 e. The standard InChI is InChI=1S/C25H33N5O3/c1-32-21-4-2-18(3-5-21)24-26-22(33-28-24)15-29-6-8-30(9-7-29)25(31)27-23-19-11-16-10-17(13-19)14-20(23)12-16/h2-5,16-17,19-20,23H,6-15H2,1H3,(H,27,31). The number of piperazine rings is 1. The molecule has 2 heterocycles. The summed E-state index contributed by atoms with van der Waals surface area (Å²) in [6.07, 6.45) is 6.75. The molecule has 4 aliphatic carbocycles. The zero-order chi connectivity index (χ0) is 22.4. The van der Waals surface area contributed by atoms with Gasteiger partial charge in [0, 0.05) is 37.8 Å². The number of aromatic nitrogens is 2. The van der Waals surface area contributed by atoms with Crippen LogP contribution in [0.3, 0.4) is 0 Å². The van der Waals surface area contributed by atoms with E-state index in [4.69, 9.17) is 9.26 Å². The van der Waals surface area contributed by atoms with Gasteiger partial charge >= 0.3 is 6.03 Å². The second-order valence-electron chi connectivity index (χ2n) is 10.4. The topological polar surface area (TPSA) is 83.7 Å². The molecule has 0 atom stereocenters. The van der Waals surface area contributed by atoms with Gasteiger partial charge in [-0.1, -0.05) is 5.16 Å². The number of carbonyl (C=O) groups is 1. The lowest BCUT2D eigenvalue weighted by atomic mass is 9.54. The molecule has 8 heteroatoms. The van der Waals surface area contributed by atoms with Crippen LogP contribution in [-0.2, 0) is 6.54 Å². The van der Waals surface area contributed by atoms with Crippen molar-refractivity contribution in [2.24, 2.45) is 23.7 Å². The van der Waals surface area contributed by atoms with Crippen molar-refractivity contribution < 1.29 is 14.1 Å². The van der Waals surface area contributed by atoms with Crippen LogP contribution in [0.15, 0.2) is 28.8 Å². The third-order valence-electron chi connectivity index (χ3n) is 8.35. The summed E-state index contributed by atoms with van der Waals surface area (Å²) in [5.41, 5.74) is 0.900. The van der Waals surface area contributed by atoms with Crippen molar-refractivity contribution >= 4 is 6.03 Å². The van der Waals surface area contributed by atoms with E-state index < -0.39 is 0 Å². The van der Waals surface area contributed by atoms with Gasteiger partial charge in [0.05, 0.1) is 13.7 Å². The minimum atomic E-state index is 0.131. The molecule has 1 aromatic heterocycles. The zero-order valence-corrected chi connectivity index (χ0v) is 19.3. The normalized spacial score (nSPS) is 31.1. The first-order valence-corrected chi connectivity index (χ1v) is 12.4. The van der Waals surface area contributed by atoms with Crippen LogP contribution < -0.4 is 10.1 Å². The van der Waals surface area contributed by atoms with Gasteiger partial charge in [-0.05, 0) is 80.0 Å². The summed E-state index contributed by atoms with van der Waals surface area (Å²) in [5, 5.41) is 7.57. The third-order valence-corrected chi connectivity index (χ3v) is 8.35. The first kappa shape index (κ1) is 21.0. The summed E-state index contributed by atoms with van der Waals surface area (Å²) in [4.78, 5) is 21.8. The lowest BCUT2D eigenvalue weighted by molar-refractivity contribution is -0.0117. The van der Waals surface area contributed by atoms with E-state index in [1.165, 1.54) is 32.1 Å². The Kier molecular flexibility index (Phi) is 5.48. The molecule has 1 N–H and O–H groups in total. The highest BCUT2D eigenvalue weighted by atomic mass is 16.5. The smallest absolute Gasteiger partial charge is 0.317 e. The lowest BCUT2D eigenvalue weighted by Gasteiger charge is -2.54. The average Bonchev–Trinajstić information content (AvgIpc) is 3.30. The summed E-state index contributed by atoms with van der Waals surface area (Å²) in [5.74, 6) is 5.27. The first-order chi connectivity index (χ1) is 16.1. The predicted octanol–water partition coefficient (Wildman–Crippen LogP) is 3.40. The van der Waals surface area contributed by atoms with Crippen LogP contribution in [0.1, 0.15) is 38.0 Å². The molecule has 5 fully saturated rings. The quantitative estimate of drug-likeness (QED) is 0.750. The number of nitrogens with zero attached hydrogens (tertiary/aromatic N) is 4. The van der Waals surface area contributed by atoms with E-state index in [-0.39, 0.29) is 6.03 Å². The number of methoxy groups -OCH3 is 1. The molecule has 4 bridgehead atoms. The Morgan fingerprint density at radius 1 is 1.03 bits per heavy atom. The molecular formula is C25H33N5O3. The number of urea groups is 1.